The van der Waals surface area contributed by atoms with Gasteiger partial charge in [0.05, 0.1) is 22.0 Å². The van der Waals surface area contributed by atoms with E-state index in [1.165, 1.54) is 0 Å². The van der Waals surface area contributed by atoms with Gasteiger partial charge in [-0.2, -0.15) is 5.10 Å². The van der Waals surface area contributed by atoms with Crippen molar-refractivity contribution in [2.75, 3.05) is 6.54 Å². The smallest absolute Gasteiger partial charge is 0.0848 e. The molecular formula is C11H20ClN3O. The molecule has 5 heteroatoms. The minimum Gasteiger partial charge on any atom is -0.390 e. The van der Waals surface area contributed by atoms with Crippen molar-refractivity contribution in [2.45, 2.75) is 45.8 Å². The van der Waals surface area contributed by atoms with Crippen molar-refractivity contribution in [3.05, 3.63) is 16.4 Å². The third-order valence-corrected chi connectivity index (χ3v) is 3.18. The number of aromatic nitrogens is 2. The van der Waals surface area contributed by atoms with Crippen LogP contribution in [0.3, 0.4) is 0 Å². The summed E-state index contributed by atoms with van der Waals surface area (Å²) < 4.78 is 1.84. The summed E-state index contributed by atoms with van der Waals surface area (Å²) in [4.78, 5) is 0. The number of hydrogen-bond acceptors (Lipinski definition) is 3. The maximum absolute atomic E-state index is 10.1. The molecule has 3 N–H and O–H groups in total. The van der Waals surface area contributed by atoms with Crippen LogP contribution in [0.2, 0.25) is 5.02 Å². The Balaban J connectivity index is 2.95. The first-order valence-corrected chi connectivity index (χ1v) is 5.93. The predicted molar refractivity (Wildman–Crippen MR) is 65.6 cm³/mol. The fourth-order valence-electron chi connectivity index (χ4n) is 1.80. The lowest BCUT2D eigenvalue weighted by atomic mass is 9.96. The molecule has 0 bridgehead atoms. The second-order valence-corrected chi connectivity index (χ2v) is 4.75. The molecule has 4 nitrogen and oxygen atoms in total. The van der Waals surface area contributed by atoms with E-state index in [2.05, 4.69) is 5.10 Å². The number of rotatable bonds is 5. The summed E-state index contributed by atoms with van der Waals surface area (Å²) in [6.07, 6.45) is 1.04. The van der Waals surface area contributed by atoms with Gasteiger partial charge in [0.1, 0.15) is 0 Å². The van der Waals surface area contributed by atoms with Crippen molar-refractivity contribution < 1.29 is 5.11 Å². The summed E-state index contributed by atoms with van der Waals surface area (Å²) in [5, 5.41) is 15.1. The van der Waals surface area contributed by atoms with Gasteiger partial charge < -0.3 is 10.8 Å². The van der Waals surface area contributed by atoms with Crippen LogP contribution in [-0.2, 0) is 13.0 Å². The normalized spacial score (nSPS) is 15.1. The van der Waals surface area contributed by atoms with E-state index in [1.54, 1.807) is 6.92 Å². The van der Waals surface area contributed by atoms with E-state index < -0.39 is 5.60 Å². The lowest BCUT2D eigenvalue weighted by Gasteiger charge is -2.22. The molecule has 0 saturated heterocycles. The number of hydrogen-bond donors (Lipinski definition) is 2. The monoisotopic (exact) mass is 245 g/mol. The van der Waals surface area contributed by atoms with Crippen LogP contribution in [0, 0.1) is 6.92 Å². The molecule has 0 aliphatic heterocycles. The summed E-state index contributed by atoms with van der Waals surface area (Å²) >= 11 is 6.17. The first-order valence-electron chi connectivity index (χ1n) is 5.55. The van der Waals surface area contributed by atoms with Gasteiger partial charge in [-0.15, -0.1) is 0 Å². The van der Waals surface area contributed by atoms with Crippen LogP contribution in [0.5, 0.6) is 0 Å². The van der Waals surface area contributed by atoms with E-state index in [-0.39, 0.29) is 0 Å². The van der Waals surface area contributed by atoms with Gasteiger partial charge >= 0.3 is 0 Å². The maximum Gasteiger partial charge on any atom is 0.0848 e. The maximum atomic E-state index is 10.1. The molecule has 0 spiro atoms. The Kier molecular flexibility index (Phi) is 4.35. The van der Waals surface area contributed by atoms with E-state index in [1.807, 2.05) is 18.5 Å². The Morgan fingerprint density at radius 3 is 2.69 bits per heavy atom. The Bertz CT molecular complexity index is 360. The second-order valence-electron chi connectivity index (χ2n) is 4.37. The van der Waals surface area contributed by atoms with Crippen LogP contribution < -0.4 is 5.73 Å². The number of aryl methyl sites for hydroxylation is 2. The molecule has 0 aliphatic carbocycles. The van der Waals surface area contributed by atoms with Crippen LogP contribution in [0.15, 0.2) is 0 Å². The highest BCUT2D eigenvalue weighted by Crippen LogP contribution is 2.25. The summed E-state index contributed by atoms with van der Waals surface area (Å²) in [7, 11) is 0. The molecule has 1 rings (SSSR count). The number of nitrogens with two attached hydrogens (primary N) is 1. The molecule has 1 heterocycles. The average Bonchev–Trinajstić information content (AvgIpc) is 2.45. The van der Waals surface area contributed by atoms with Crippen LogP contribution in [-0.4, -0.2) is 27.0 Å². The SMILES string of the molecule is CCn1nc(C)c(Cl)c1CC(C)(O)CCN. The number of aliphatic hydroxyl groups is 1. The second kappa shape index (κ2) is 5.17. The number of halogens is 1. The average molecular weight is 246 g/mol. The summed E-state index contributed by atoms with van der Waals surface area (Å²) in [5.41, 5.74) is 6.34. The van der Waals surface area contributed by atoms with E-state index in [4.69, 9.17) is 17.3 Å². The highest BCUT2D eigenvalue weighted by Gasteiger charge is 2.24. The Labute approximate surface area is 101 Å². The van der Waals surface area contributed by atoms with Gasteiger partial charge in [-0.25, -0.2) is 0 Å². The zero-order valence-electron chi connectivity index (χ0n) is 10.1. The zero-order chi connectivity index (χ0) is 12.3. The molecule has 1 aromatic heterocycles. The van der Waals surface area contributed by atoms with Crippen molar-refractivity contribution in [1.82, 2.24) is 9.78 Å². The molecule has 0 aromatic carbocycles. The summed E-state index contributed by atoms with van der Waals surface area (Å²) in [6, 6.07) is 0. The van der Waals surface area contributed by atoms with Crippen LogP contribution in [0.25, 0.3) is 0 Å². The zero-order valence-corrected chi connectivity index (χ0v) is 10.9. The quantitative estimate of drug-likeness (QED) is 0.827. The van der Waals surface area contributed by atoms with Gasteiger partial charge in [-0.05, 0) is 33.7 Å². The molecule has 1 aromatic rings. The molecule has 16 heavy (non-hydrogen) atoms. The van der Waals surface area contributed by atoms with Crippen LogP contribution >= 0.6 is 11.6 Å². The Hall–Kier alpha value is -0.580. The first kappa shape index (κ1) is 13.5. The highest BCUT2D eigenvalue weighted by atomic mass is 35.5. The van der Waals surface area contributed by atoms with Gasteiger partial charge in [0.15, 0.2) is 0 Å². The number of nitrogens with zero attached hydrogens (tertiary/aromatic N) is 2. The molecule has 0 radical (unpaired) electrons. The van der Waals surface area contributed by atoms with Gasteiger partial charge in [0.25, 0.3) is 0 Å². The van der Waals surface area contributed by atoms with Crippen molar-refractivity contribution in [1.29, 1.82) is 0 Å². The Morgan fingerprint density at radius 2 is 2.19 bits per heavy atom. The molecule has 0 aliphatic rings. The van der Waals surface area contributed by atoms with Crippen LogP contribution in [0.4, 0.5) is 0 Å². The lowest BCUT2D eigenvalue weighted by Crippen LogP contribution is -2.31. The Morgan fingerprint density at radius 1 is 1.56 bits per heavy atom. The van der Waals surface area contributed by atoms with Gasteiger partial charge in [-0.1, -0.05) is 11.6 Å². The molecular weight excluding hydrogens is 226 g/mol. The van der Waals surface area contributed by atoms with E-state index in [9.17, 15) is 5.11 Å². The first-order chi connectivity index (χ1) is 7.41. The molecule has 1 unspecified atom stereocenters. The third-order valence-electron chi connectivity index (χ3n) is 2.68. The van der Waals surface area contributed by atoms with E-state index in [0.717, 1.165) is 17.9 Å². The minimum absolute atomic E-state index is 0.462. The highest BCUT2D eigenvalue weighted by molar-refractivity contribution is 6.31. The lowest BCUT2D eigenvalue weighted by molar-refractivity contribution is 0.0518. The van der Waals surface area contributed by atoms with Crippen molar-refractivity contribution in [3.8, 4) is 0 Å². The largest absolute Gasteiger partial charge is 0.390 e. The van der Waals surface area contributed by atoms with Crippen molar-refractivity contribution in [2.24, 2.45) is 5.73 Å². The van der Waals surface area contributed by atoms with E-state index >= 15 is 0 Å². The molecule has 1 atom stereocenters. The molecule has 0 amide bonds. The fraction of sp³-hybridized carbons (Fsp3) is 0.727. The minimum atomic E-state index is -0.822. The van der Waals surface area contributed by atoms with Crippen molar-refractivity contribution >= 4 is 11.6 Å². The van der Waals surface area contributed by atoms with Crippen molar-refractivity contribution in [3.63, 3.8) is 0 Å². The van der Waals surface area contributed by atoms with Gasteiger partial charge in [0, 0.05) is 13.0 Å². The predicted octanol–water partition coefficient (Wildman–Crippen LogP) is 1.51. The third kappa shape index (κ3) is 2.97. The molecule has 0 fully saturated rings. The molecule has 92 valence electrons. The summed E-state index contributed by atoms with van der Waals surface area (Å²) in [5.74, 6) is 0. The standard InChI is InChI=1S/C11H20ClN3O/c1-4-15-9(10(12)8(2)14-15)7-11(3,16)5-6-13/h16H,4-7,13H2,1-3H3. The summed E-state index contributed by atoms with van der Waals surface area (Å²) in [6.45, 7) is 6.86. The van der Waals surface area contributed by atoms with Crippen LogP contribution in [0.1, 0.15) is 31.7 Å². The van der Waals surface area contributed by atoms with Gasteiger partial charge in [0.2, 0.25) is 0 Å². The van der Waals surface area contributed by atoms with E-state index in [0.29, 0.717) is 24.4 Å². The van der Waals surface area contributed by atoms with Gasteiger partial charge in [-0.3, -0.25) is 4.68 Å². The fourth-order valence-corrected chi connectivity index (χ4v) is 2.00. The topological polar surface area (TPSA) is 64.1 Å². The molecule has 0 saturated carbocycles.